The molecule has 2 aliphatic heterocycles. The van der Waals surface area contributed by atoms with Crippen LogP contribution in [-0.2, 0) is 18.4 Å². The molecule has 0 radical (unpaired) electrons. The number of hydrogen-bond donors (Lipinski definition) is 2. The number of piperidine rings is 1. The van der Waals surface area contributed by atoms with E-state index in [1.54, 1.807) is 7.11 Å². The largest absolute Gasteiger partial charge is 0.497 e. The van der Waals surface area contributed by atoms with E-state index >= 15 is 0 Å². The van der Waals surface area contributed by atoms with Crippen LogP contribution in [0.25, 0.3) is 0 Å². The minimum atomic E-state index is -0.560. The number of hydrogen-bond acceptors (Lipinski definition) is 5. The summed E-state index contributed by atoms with van der Waals surface area (Å²) in [5.41, 5.74) is 4.80. The molecule has 6 rings (SSSR count). The molecule has 0 amide bonds. The van der Waals surface area contributed by atoms with E-state index in [2.05, 4.69) is 47.6 Å². The maximum absolute atomic E-state index is 10.9. The van der Waals surface area contributed by atoms with Gasteiger partial charge in [-0.15, -0.1) is 24.8 Å². The Morgan fingerprint density at radius 1 is 1.22 bits per heavy atom. The van der Waals surface area contributed by atoms with E-state index in [1.807, 2.05) is 18.2 Å². The maximum atomic E-state index is 10.9. The van der Waals surface area contributed by atoms with E-state index in [-0.39, 0.29) is 36.3 Å². The minimum Gasteiger partial charge on any atom is -0.497 e. The average Bonchev–Trinajstić information content (AvgIpc) is 3.12. The molecule has 1 fully saturated rings. The smallest absolute Gasteiger partial charge is 0.147 e. The SMILES string of the molecule is COc1cccc(CNc2ccc3c4c2O[C@H]2[C@@H](O)C=C[C@H]5[C@@H](C3)N(C)CC[C@@]452)c1.Cl.Cl. The van der Waals surface area contributed by atoms with Crippen molar-refractivity contribution in [2.45, 2.75) is 43.1 Å². The first kappa shape index (κ1) is 23.2. The Hall–Kier alpha value is -1.92. The van der Waals surface area contributed by atoms with Crippen molar-refractivity contribution < 1.29 is 14.6 Å². The summed E-state index contributed by atoms with van der Waals surface area (Å²) in [6.07, 6.45) is 5.53. The lowest BCUT2D eigenvalue weighted by Gasteiger charge is -2.56. The van der Waals surface area contributed by atoms with Crippen LogP contribution < -0.4 is 14.8 Å². The highest BCUT2D eigenvalue weighted by Gasteiger charge is 2.64. The molecular weight excluding hydrogens is 447 g/mol. The van der Waals surface area contributed by atoms with Crippen LogP contribution in [0.1, 0.15) is 23.1 Å². The van der Waals surface area contributed by atoms with Gasteiger partial charge in [0.15, 0.2) is 0 Å². The van der Waals surface area contributed by atoms with Gasteiger partial charge in [-0.1, -0.05) is 30.4 Å². The fraction of sp³-hybridized carbons (Fsp3) is 0.440. The zero-order chi connectivity index (χ0) is 20.5. The molecule has 2 bridgehead atoms. The van der Waals surface area contributed by atoms with Crippen LogP contribution in [0.2, 0.25) is 0 Å². The van der Waals surface area contributed by atoms with Gasteiger partial charge in [0.25, 0.3) is 0 Å². The maximum Gasteiger partial charge on any atom is 0.147 e. The molecular formula is C25H30Cl2N2O3. The highest BCUT2D eigenvalue weighted by molar-refractivity contribution is 5.85. The van der Waals surface area contributed by atoms with Gasteiger partial charge < -0.3 is 24.8 Å². The van der Waals surface area contributed by atoms with Gasteiger partial charge in [0.1, 0.15) is 23.7 Å². The average molecular weight is 477 g/mol. The number of aliphatic hydroxyl groups is 1. The second kappa shape index (κ2) is 8.45. The van der Waals surface area contributed by atoms with Crippen molar-refractivity contribution in [3.8, 4) is 11.5 Å². The molecule has 2 aromatic rings. The first-order valence-electron chi connectivity index (χ1n) is 10.9. The number of rotatable bonds is 4. The monoisotopic (exact) mass is 476 g/mol. The number of nitrogens with zero attached hydrogens (tertiary/aromatic N) is 1. The number of nitrogens with one attached hydrogen (secondary N) is 1. The van der Waals surface area contributed by atoms with Crippen LogP contribution in [-0.4, -0.2) is 49.0 Å². The Balaban J connectivity index is 0.00000122. The third kappa shape index (κ3) is 3.13. The second-order valence-corrected chi connectivity index (χ2v) is 9.16. The molecule has 32 heavy (non-hydrogen) atoms. The van der Waals surface area contributed by atoms with Gasteiger partial charge in [-0.05, 0) is 55.8 Å². The summed E-state index contributed by atoms with van der Waals surface area (Å²) >= 11 is 0. The zero-order valence-electron chi connectivity index (χ0n) is 18.3. The molecule has 2 aromatic carbocycles. The first-order chi connectivity index (χ1) is 14.6. The predicted octanol–water partition coefficient (Wildman–Crippen LogP) is 3.96. The van der Waals surface area contributed by atoms with Crippen molar-refractivity contribution in [1.29, 1.82) is 0 Å². The Morgan fingerprint density at radius 2 is 2.06 bits per heavy atom. The van der Waals surface area contributed by atoms with Crippen LogP contribution in [0.15, 0.2) is 48.6 Å². The molecule has 2 N–H and O–H groups in total. The molecule has 1 saturated heterocycles. The lowest BCUT2D eigenvalue weighted by atomic mass is 9.53. The first-order valence-corrected chi connectivity index (χ1v) is 10.9. The highest BCUT2D eigenvalue weighted by Crippen LogP contribution is 2.62. The summed E-state index contributed by atoms with van der Waals surface area (Å²) in [4.78, 5) is 2.49. The summed E-state index contributed by atoms with van der Waals surface area (Å²) in [7, 11) is 3.92. The molecule has 4 aliphatic rings. The third-order valence-electron chi connectivity index (χ3n) is 7.79. The summed E-state index contributed by atoms with van der Waals surface area (Å²) < 4.78 is 11.9. The van der Waals surface area contributed by atoms with Gasteiger partial charge in [-0.3, -0.25) is 0 Å². The number of benzene rings is 2. The van der Waals surface area contributed by atoms with Crippen molar-refractivity contribution in [2.75, 3.05) is 26.0 Å². The van der Waals surface area contributed by atoms with E-state index in [9.17, 15) is 5.11 Å². The van der Waals surface area contributed by atoms with E-state index in [0.29, 0.717) is 18.5 Å². The van der Waals surface area contributed by atoms with E-state index < -0.39 is 6.10 Å². The van der Waals surface area contributed by atoms with Crippen LogP contribution in [0.4, 0.5) is 5.69 Å². The van der Waals surface area contributed by atoms with Crippen molar-refractivity contribution in [2.24, 2.45) is 5.92 Å². The summed E-state index contributed by atoms with van der Waals surface area (Å²) in [6.45, 7) is 1.74. The number of halogens is 2. The van der Waals surface area contributed by atoms with Crippen molar-refractivity contribution in [1.82, 2.24) is 4.90 Å². The molecule has 2 aliphatic carbocycles. The van der Waals surface area contributed by atoms with Crippen LogP contribution >= 0.6 is 24.8 Å². The number of likely N-dealkylation sites (N-methyl/N-ethyl adjacent to an activating group) is 1. The summed E-state index contributed by atoms with van der Waals surface area (Å²) in [5, 5.41) is 14.4. The summed E-state index contributed by atoms with van der Waals surface area (Å²) in [5.74, 6) is 2.21. The summed E-state index contributed by atoms with van der Waals surface area (Å²) in [6, 6.07) is 13.0. The topological polar surface area (TPSA) is 54.0 Å². The lowest BCUT2D eigenvalue weighted by molar-refractivity contribution is -0.0449. The predicted molar refractivity (Wildman–Crippen MR) is 131 cm³/mol. The Bertz CT molecular complexity index is 1050. The molecule has 2 heterocycles. The Kier molecular flexibility index (Phi) is 6.14. The molecule has 0 saturated carbocycles. The van der Waals surface area contributed by atoms with Crippen molar-refractivity contribution in [3.05, 3.63) is 65.2 Å². The second-order valence-electron chi connectivity index (χ2n) is 9.16. The third-order valence-corrected chi connectivity index (χ3v) is 7.79. The van der Waals surface area contributed by atoms with E-state index in [0.717, 1.165) is 42.1 Å². The molecule has 1 spiro atoms. The molecule has 172 valence electrons. The van der Waals surface area contributed by atoms with E-state index in [4.69, 9.17) is 9.47 Å². The number of anilines is 1. The van der Waals surface area contributed by atoms with E-state index in [1.165, 1.54) is 11.1 Å². The normalized spacial score (nSPS) is 31.0. The Labute approximate surface area is 201 Å². The van der Waals surface area contributed by atoms with Crippen molar-refractivity contribution >= 4 is 30.5 Å². The van der Waals surface area contributed by atoms with Crippen molar-refractivity contribution in [3.63, 3.8) is 0 Å². The standard InChI is InChI=1S/C25H28N2O3.2ClH/c1-27-11-10-25-18-7-9-21(28)24(25)30-23-19(8-6-16(22(23)25)13-20(18)27)26-14-15-4-3-5-17(12-15)29-2;;/h3-9,12,18,20-21,24,26,28H,10-11,13-14H2,1-2H3;2*1H/t18-,20+,21-,24-,25-;;/m0../s1. The van der Waals surface area contributed by atoms with Crippen LogP contribution in [0, 0.1) is 5.92 Å². The van der Waals surface area contributed by atoms with Gasteiger partial charge in [-0.25, -0.2) is 0 Å². The van der Waals surface area contributed by atoms with Crippen LogP contribution in [0.5, 0.6) is 11.5 Å². The lowest BCUT2D eigenvalue weighted by Crippen LogP contribution is -2.64. The van der Waals surface area contributed by atoms with Gasteiger partial charge in [0.05, 0.1) is 12.8 Å². The van der Waals surface area contributed by atoms with Gasteiger partial charge in [0, 0.05) is 29.5 Å². The number of methoxy groups -OCH3 is 1. The quantitative estimate of drug-likeness (QED) is 0.654. The minimum absolute atomic E-state index is 0. The van der Waals surface area contributed by atoms with Gasteiger partial charge in [0.2, 0.25) is 0 Å². The number of likely N-dealkylation sites (tertiary alicyclic amines) is 1. The van der Waals surface area contributed by atoms with Gasteiger partial charge >= 0.3 is 0 Å². The molecule has 5 atom stereocenters. The van der Waals surface area contributed by atoms with Gasteiger partial charge in [-0.2, -0.15) is 0 Å². The number of aliphatic hydroxyl groups excluding tert-OH is 1. The molecule has 0 unspecified atom stereocenters. The fourth-order valence-electron chi connectivity index (χ4n) is 6.37. The number of ether oxygens (including phenoxy) is 2. The Morgan fingerprint density at radius 3 is 2.88 bits per heavy atom. The zero-order valence-corrected chi connectivity index (χ0v) is 19.9. The fourth-order valence-corrected chi connectivity index (χ4v) is 6.37. The molecule has 0 aromatic heterocycles. The highest BCUT2D eigenvalue weighted by atomic mass is 35.5. The van der Waals surface area contributed by atoms with Crippen LogP contribution in [0.3, 0.4) is 0 Å². The molecule has 7 heteroatoms. The molecule has 5 nitrogen and oxygen atoms in total.